The Kier molecular flexibility index (Phi) is 17.6. The van der Waals surface area contributed by atoms with Crippen molar-refractivity contribution in [2.24, 2.45) is 5.41 Å². The number of likely N-dealkylation sites (tertiary alicyclic amines) is 2. The summed E-state index contributed by atoms with van der Waals surface area (Å²) in [5.41, 5.74) is 0.898. The molecule has 0 bridgehead atoms. The van der Waals surface area contributed by atoms with Crippen LogP contribution in [0.15, 0.2) is 48.5 Å². The Hall–Kier alpha value is -3.81. The van der Waals surface area contributed by atoms with E-state index in [1.807, 2.05) is 37.3 Å². The zero-order valence-corrected chi connectivity index (χ0v) is 34.1. The number of hydrogen-bond acceptors (Lipinski definition) is 7. The van der Waals surface area contributed by atoms with E-state index in [1.165, 1.54) is 6.92 Å². The van der Waals surface area contributed by atoms with Gasteiger partial charge in [0.25, 0.3) is 0 Å². The maximum atomic E-state index is 14.4. The molecule has 15 heteroatoms. The van der Waals surface area contributed by atoms with Crippen LogP contribution < -0.4 is 21.3 Å². The van der Waals surface area contributed by atoms with Crippen LogP contribution in [0.2, 0.25) is 10.0 Å². The molecule has 2 aliphatic rings. The zero-order valence-electron chi connectivity index (χ0n) is 31.8. The molecular weight excluding hydrogens is 763 g/mol. The Balaban J connectivity index is 1.37. The van der Waals surface area contributed by atoms with Crippen molar-refractivity contribution in [1.29, 1.82) is 0 Å². The quantitative estimate of drug-likeness (QED) is 0.161. The highest BCUT2D eigenvalue weighted by atomic mass is 35.5. The minimum absolute atomic E-state index is 0.0117. The number of nitrogens with zero attached hydrogens (tertiary/aromatic N) is 2. The van der Waals surface area contributed by atoms with Gasteiger partial charge in [-0.2, -0.15) is 0 Å². The molecule has 0 aliphatic carbocycles. The fraction of sp³-hybridized carbons (Fsp3) is 0.550. The number of urea groups is 1. The fourth-order valence-corrected chi connectivity index (χ4v) is 8.03. The number of rotatable bonds is 17. The van der Waals surface area contributed by atoms with Gasteiger partial charge in [0.2, 0.25) is 23.6 Å². The van der Waals surface area contributed by atoms with Crippen molar-refractivity contribution in [2.45, 2.75) is 90.1 Å². The summed E-state index contributed by atoms with van der Waals surface area (Å²) in [5, 5.41) is 12.3. The van der Waals surface area contributed by atoms with Gasteiger partial charge in [0.1, 0.15) is 6.04 Å². The second-order valence-electron chi connectivity index (χ2n) is 14.4. The standard InChI is InChI=1S/C40H54Cl2N6O6S/c1-3-43-38(53)40(24-29-12-6-4-7-13-29)18-11-21-48(27-40)37(52)34(23-30-16-17-32(41)33(42)22-30)46-39(54)45-31-14-10-20-47(25-31)36(51)15-8-5-9-19-44-35(50)26-55-28(2)49/h4,6-7,12-13,16-17,22,31,34H,3,5,8-11,14-15,18-21,23-27H2,1-2H3,(H,43,53)(H,44,50)(H2,45,46,54)/t31-,34?,40+/m1/s1. The lowest BCUT2D eigenvalue weighted by Gasteiger charge is -2.43. The van der Waals surface area contributed by atoms with Gasteiger partial charge in [-0.15, -0.1) is 0 Å². The van der Waals surface area contributed by atoms with E-state index in [0.717, 1.165) is 36.6 Å². The number of amides is 6. The van der Waals surface area contributed by atoms with Gasteiger partial charge in [0, 0.05) is 65.1 Å². The summed E-state index contributed by atoms with van der Waals surface area (Å²) in [7, 11) is 0. The molecule has 55 heavy (non-hydrogen) atoms. The average Bonchev–Trinajstić information content (AvgIpc) is 3.16. The van der Waals surface area contributed by atoms with Crippen molar-refractivity contribution in [3.05, 3.63) is 69.7 Å². The van der Waals surface area contributed by atoms with Gasteiger partial charge >= 0.3 is 6.03 Å². The van der Waals surface area contributed by atoms with Crippen LogP contribution in [0, 0.1) is 5.41 Å². The van der Waals surface area contributed by atoms with Gasteiger partial charge in [0.05, 0.1) is 21.2 Å². The Morgan fingerprint density at radius 1 is 0.909 bits per heavy atom. The number of halogens is 2. The van der Waals surface area contributed by atoms with E-state index in [-0.39, 0.29) is 53.5 Å². The van der Waals surface area contributed by atoms with E-state index in [4.69, 9.17) is 23.2 Å². The first kappa shape index (κ1) is 43.9. The van der Waals surface area contributed by atoms with Crippen LogP contribution in [0.5, 0.6) is 0 Å². The smallest absolute Gasteiger partial charge is 0.315 e. The maximum absolute atomic E-state index is 14.4. The molecule has 2 aromatic rings. The van der Waals surface area contributed by atoms with E-state index in [2.05, 4.69) is 21.3 Å². The predicted molar refractivity (Wildman–Crippen MR) is 217 cm³/mol. The first-order valence-corrected chi connectivity index (χ1v) is 20.9. The third-order valence-electron chi connectivity index (χ3n) is 10.0. The van der Waals surface area contributed by atoms with Crippen molar-refractivity contribution in [2.75, 3.05) is 45.0 Å². The van der Waals surface area contributed by atoms with E-state index in [9.17, 15) is 28.8 Å². The van der Waals surface area contributed by atoms with Gasteiger partial charge in [0.15, 0.2) is 5.12 Å². The molecule has 0 aromatic heterocycles. The summed E-state index contributed by atoms with van der Waals surface area (Å²) in [6, 6.07) is 13.1. The minimum Gasteiger partial charge on any atom is -0.356 e. The average molecular weight is 818 g/mol. The highest BCUT2D eigenvalue weighted by molar-refractivity contribution is 8.14. The Morgan fingerprint density at radius 2 is 1.67 bits per heavy atom. The molecule has 1 unspecified atom stereocenters. The number of carbonyl (C=O) groups excluding carboxylic acids is 6. The Labute approximate surface area is 338 Å². The number of carbonyl (C=O) groups is 6. The molecule has 2 aliphatic heterocycles. The first-order valence-electron chi connectivity index (χ1n) is 19.2. The monoisotopic (exact) mass is 816 g/mol. The normalized spacial score (nSPS) is 18.9. The number of thioether (sulfide) groups is 1. The second-order valence-corrected chi connectivity index (χ2v) is 16.4. The molecule has 3 atom stereocenters. The minimum atomic E-state index is -0.960. The molecule has 2 aromatic carbocycles. The van der Waals surface area contributed by atoms with Crippen molar-refractivity contribution in [3.8, 4) is 0 Å². The summed E-state index contributed by atoms with van der Waals surface area (Å²) in [6.07, 6.45) is 5.84. The molecule has 0 saturated carbocycles. The summed E-state index contributed by atoms with van der Waals surface area (Å²) in [6.45, 7) is 5.89. The van der Waals surface area contributed by atoms with Crippen LogP contribution in [0.4, 0.5) is 4.79 Å². The summed E-state index contributed by atoms with van der Waals surface area (Å²) in [5.74, 6) is -0.446. The van der Waals surface area contributed by atoms with Gasteiger partial charge < -0.3 is 31.1 Å². The number of benzene rings is 2. The van der Waals surface area contributed by atoms with Crippen LogP contribution in [0.1, 0.15) is 76.3 Å². The summed E-state index contributed by atoms with van der Waals surface area (Å²) >= 11 is 13.5. The van der Waals surface area contributed by atoms with Crippen LogP contribution in [-0.2, 0) is 36.8 Å². The number of hydrogen-bond donors (Lipinski definition) is 4. The molecule has 12 nitrogen and oxygen atoms in total. The van der Waals surface area contributed by atoms with Crippen LogP contribution in [0.3, 0.4) is 0 Å². The third kappa shape index (κ3) is 14.0. The molecule has 300 valence electrons. The van der Waals surface area contributed by atoms with Gasteiger partial charge in [-0.05, 0) is 75.1 Å². The van der Waals surface area contributed by atoms with Crippen molar-refractivity contribution >= 4 is 69.7 Å². The first-order chi connectivity index (χ1) is 26.4. The number of piperidine rings is 2. The largest absolute Gasteiger partial charge is 0.356 e. The van der Waals surface area contributed by atoms with E-state index < -0.39 is 17.5 Å². The molecule has 4 rings (SSSR count). The lowest BCUT2D eigenvalue weighted by Crippen LogP contribution is -2.60. The van der Waals surface area contributed by atoms with E-state index >= 15 is 0 Å². The fourth-order valence-electron chi connectivity index (χ4n) is 7.28. The maximum Gasteiger partial charge on any atom is 0.315 e. The van der Waals surface area contributed by atoms with Crippen LogP contribution >= 0.6 is 35.0 Å². The molecule has 6 amide bonds. The topological polar surface area (TPSA) is 157 Å². The van der Waals surface area contributed by atoms with Crippen molar-refractivity contribution in [1.82, 2.24) is 31.1 Å². The summed E-state index contributed by atoms with van der Waals surface area (Å²) in [4.78, 5) is 81.0. The SMILES string of the molecule is CCNC(=O)[C@]1(Cc2ccccc2)CCCN(C(=O)C(Cc2ccc(Cl)c(Cl)c2)NC(=O)N[C@@H]2CCCN(C(=O)CCCCCNC(=O)CSC(C)=O)C2)C1. The van der Waals surface area contributed by atoms with Crippen LogP contribution in [0.25, 0.3) is 0 Å². The van der Waals surface area contributed by atoms with Gasteiger partial charge in [-0.3, -0.25) is 24.0 Å². The van der Waals surface area contributed by atoms with Gasteiger partial charge in [-0.1, -0.05) is 77.8 Å². The summed E-state index contributed by atoms with van der Waals surface area (Å²) < 4.78 is 0. The Bertz CT molecular complexity index is 1650. The Morgan fingerprint density at radius 3 is 2.40 bits per heavy atom. The van der Waals surface area contributed by atoms with Gasteiger partial charge in [-0.25, -0.2) is 4.79 Å². The molecule has 2 saturated heterocycles. The molecular formula is C40H54Cl2N6O6S. The highest BCUT2D eigenvalue weighted by Gasteiger charge is 2.44. The van der Waals surface area contributed by atoms with E-state index in [0.29, 0.717) is 86.9 Å². The molecule has 2 fully saturated rings. The molecule has 4 N–H and O–H groups in total. The van der Waals surface area contributed by atoms with Crippen molar-refractivity contribution < 1.29 is 28.8 Å². The number of nitrogens with one attached hydrogen (secondary N) is 4. The predicted octanol–water partition coefficient (Wildman–Crippen LogP) is 5.14. The van der Waals surface area contributed by atoms with E-state index in [1.54, 1.807) is 28.0 Å². The zero-order chi connectivity index (χ0) is 39.8. The molecule has 0 radical (unpaired) electrons. The lowest BCUT2D eigenvalue weighted by molar-refractivity contribution is -0.143. The third-order valence-corrected chi connectivity index (χ3v) is 11.6. The van der Waals surface area contributed by atoms with Crippen LogP contribution in [-0.4, -0.2) is 102 Å². The molecule has 0 spiro atoms. The second kappa shape index (κ2) is 22.1. The number of unbranched alkanes of at least 4 members (excludes halogenated alkanes) is 2. The highest BCUT2D eigenvalue weighted by Crippen LogP contribution is 2.35. The lowest BCUT2D eigenvalue weighted by atomic mass is 9.74. The van der Waals surface area contributed by atoms with Crippen molar-refractivity contribution in [3.63, 3.8) is 0 Å². The molecule has 2 heterocycles.